The molecule has 0 spiro atoms. The molecule has 1 unspecified atom stereocenters. The van der Waals surface area contributed by atoms with E-state index in [0.717, 1.165) is 5.56 Å². The molecule has 0 saturated carbocycles. The predicted molar refractivity (Wildman–Crippen MR) is 118 cm³/mol. The minimum atomic E-state index is -0.928. The van der Waals surface area contributed by atoms with E-state index in [0.29, 0.717) is 27.7 Å². The molecule has 1 N–H and O–H groups in total. The molecule has 1 atom stereocenters. The van der Waals surface area contributed by atoms with Gasteiger partial charge in [0.05, 0.1) is 23.9 Å². The van der Waals surface area contributed by atoms with Crippen molar-refractivity contribution < 1.29 is 19.4 Å². The molecule has 1 aliphatic heterocycles. The zero-order valence-corrected chi connectivity index (χ0v) is 17.6. The van der Waals surface area contributed by atoms with Crippen LogP contribution in [0.15, 0.2) is 72.4 Å². The number of aliphatic hydroxyl groups is 1. The highest BCUT2D eigenvalue weighted by atomic mass is 35.5. The number of rotatable bonds is 4. The summed E-state index contributed by atoms with van der Waals surface area (Å²) in [6.45, 7) is 1.82. The van der Waals surface area contributed by atoms with Gasteiger partial charge in [0, 0.05) is 16.9 Å². The van der Waals surface area contributed by atoms with Crippen molar-refractivity contribution in [2.45, 2.75) is 13.0 Å². The van der Waals surface area contributed by atoms with E-state index in [1.165, 1.54) is 12.0 Å². The van der Waals surface area contributed by atoms with Gasteiger partial charge in [0.2, 0.25) is 0 Å². The summed E-state index contributed by atoms with van der Waals surface area (Å²) in [6.07, 6.45) is 1.57. The van der Waals surface area contributed by atoms with Gasteiger partial charge < -0.3 is 9.84 Å². The fourth-order valence-corrected chi connectivity index (χ4v) is 3.89. The first-order chi connectivity index (χ1) is 14.9. The van der Waals surface area contributed by atoms with E-state index in [-0.39, 0.29) is 11.3 Å². The van der Waals surface area contributed by atoms with Gasteiger partial charge in [-0.15, -0.1) is 0 Å². The lowest BCUT2D eigenvalue weighted by Gasteiger charge is -2.26. The molecule has 1 amide bonds. The normalized spacial score (nSPS) is 17.8. The Morgan fingerprint density at radius 2 is 1.84 bits per heavy atom. The summed E-state index contributed by atoms with van der Waals surface area (Å²) < 4.78 is 5.34. The topological polar surface area (TPSA) is 79.7 Å². The number of Topliss-reactive ketones (excluding diaryl/α,β-unsaturated/α-hetero) is 1. The van der Waals surface area contributed by atoms with Crippen molar-refractivity contribution in [1.82, 2.24) is 4.98 Å². The number of halogens is 1. The number of amides is 1. The summed E-state index contributed by atoms with van der Waals surface area (Å²) in [5.74, 6) is -1.52. The molecule has 2 heterocycles. The number of para-hydroxylation sites is 1. The van der Waals surface area contributed by atoms with Gasteiger partial charge in [-0.2, -0.15) is 0 Å². The van der Waals surface area contributed by atoms with Crippen molar-refractivity contribution in [3.05, 3.63) is 94.3 Å². The number of aryl methyl sites for hydroxylation is 1. The van der Waals surface area contributed by atoms with Crippen molar-refractivity contribution in [3.63, 3.8) is 0 Å². The fourth-order valence-electron chi connectivity index (χ4n) is 3.73. The first kappa shape index (κ1) is 20.6. The molecule has 1 aromatic heterocycles. The van der Waals surface area contributed by atoms with Crippen LogP contribution in [0.4, 0.5) is 5.69 Å². The van der Waals surface area contributed by atoms with Crippen LogP contribution in [0.2, 0.25) is 5.02 Å². The fraction of sp³-hybridized carbons (Fsp3) is 0.125. The van der Waals surface area contributed by atoms with E-state index < -0.39 is 17.7 Å². The van der Waals surface area contributed by atoms with Crippen LogP contribution < -0.4 is 9.64 Å². The average Bonchev–Trinajstić information content (AvgIpc) is 3.06. The average molecular weight is 435 g/mol. The zero-order valence-electron chi connectivity index (χ0n) is 16.9. The quantitative estimate of drug-likeness (QED) is 0.366. The third-order valence-electron chi connectivity index (χ3n) is 5.21. The lowest BCUT2D eigenvalue weighted by Crippen LogP contribution is -2.30. The molecule has 1 aliphatic rings. The Bertz CT molecular complexity index is 1210. The van der Waals surface area contributed by atoms with Crippen LogP contribution in [-0.2, 0) is 9.59 Å². The SMILES string of the molecule is COc1ccccc1/C(O)=C1\C(=O)C(=O)N(c2cc(Cl)ccc2C)C1c1ccccn1. The Hall–Kier alpha value is -3.64. The molecule has 0 bridgehead atoms. The highest BCUT2D eigenvalue weighted by molar-refractivity contribution is 6.52. The summed E-state index contributed by atoms with van der Waals surface area (Å²) in [7, 11) is 1.47. The van der Waals surface area contributed by atoms with Crippen molar-refractivity contribution in [2.75, 3.05) is 12.0 Å². The molecule has 1 fully saturated rings. The minimum absolute atomic E-state index is 0.0624. The second-order valence-electron chi connectivity index (χ2n) is 7.05. The Labute approximate surface area is 184 Å². The van der Waals surface area contributed by atoms with Crippen LogP contribution in [0.5, 0.6) is 5.75 Å². The standard InChI is InChI=1S/C24H19ClN2O4/c1-14-10-11-15(25)13-18(14)27-21(17-8-5-6-12-26-17)20(23(29)24(27)30)22(28)16-7-3-4-9-19(16)31-2/h3-13,21,28H,1-2H3/b22-20+. The lowest BCUT2D eigenvalue weighted by atomic mass is 9.97. The van der Waals surface area contributed by atoms with Crippen LogP contribution in [0, 0.1) is 6.92 Å². The molecular weight excluding hydrogens is 416 g/mol. The number of aromatic nitrogens is 1. The van der Waals surface area contributed by atoms with E-state index in [1.807, 2.05) is 6.92 Å². The molecule has 6 nitrogen and oxygen atoms in total. The number of aliphatic hydroxyl groups excluding tert-OH is 1. The molecule has 156 valence electrons. The van der Waals surface area contributed by atoms with Gasteiger partial charge in [-0.3, -0.25) is 19.5 Å². The Balaban J connectivity index is 2.00. The van der Waals surface area contributed by atoms with Crippen LogP contribution in [-0.4, -0.2) is 28.9 Å². The van der Waals surface area contributed by atoms with Gasteiger partial charge in [0.1, 0.15) is 17.6 Å². The number of methoxy groups -OCH3 is 1. The number of ketones is 1. The highest BCUT2D eigenvalue weighted by Crippen LogP contribution is 2.43. The van der Waals surface area contributed by atoms with E-state index in [4.69, 9.17) is 16.3 Å². The molecule has 0 radical (unpaired) electrons. The van der Waals surface area contributed by atoms with Crippen LogP contribution in [0.1, 0.15) is 22.9 Å². The van der Waals surface area contributed by atoms with E-state index in [9.17, 15) is 14.7 Å². The second kappa shape index (κ2) is 8.24. The van der Waals surface area contributed by atoms with Gasteiger partial charge in [0.25, 0.3) is 11.7 Å². The van der Waals surface area contributed by atoms with Crippen molar-refractivity contribution in [3.8, 4) is 5.75 Å². The predicted octanol–water partition coefficient (Wildman–Crippen LogP) is 4.68. The largest absolute Gasteiger partial charge is 0.507 e. The monoisotopic (exact) mass is 434 g/mol. The van der Waals surface area contributed by atoms with Gasteiger partial charge in [0.15, 0.2) is 0 Å². The second-order valence-corrected chi connectivity index (χ2v) is 7.49. The van der Waals surface area contributed by atoms with Crippen LogP contribution in [0.25, 0.3) is 5.76 Å². The third-order valence-corrected chi connectivity index (χ3v) is 5.44. The minimum Gasteiger partial charge on any atom is -0.507 e. The highest BCUT2D eigenvalue weighted by Gasteiger charge is 2.48. The number of pyridine rings is 1. The van der Waals surface area contributed by atoms with Gasteiger partial charge in [-0.25, -0.2) is 0 Å². The molecular formula is C24H19ClN2O4. The van der Waals surface area contributed by atoms with Gasteiger partial charge in [-0.1, -0.05) is 35.9 Å². The Kier molecular flexibility index (Phi) is 5.48. The van der Waals surface area contributed by atoms with Crippen molar-refractivity contribution in [1.29, 1.82) is 0 Å². The maximum atomic E-state index is 13.2. The van der Waals surface area contributed by atoms with E-state index >= 15 is 0 Å². The number of carbonyl (C=O) groups excluding carboxylic acids is 2. The first-order valence-electron chi connectivity index (χ1n) is 9.55. The number of carbonyl (C=O) groups is 2. The molecule has 1 saturated heterocycles. The summed E-state index contributed by atoms with van der Waals surface area (Å²) in [6, 6.07) is 16.1. The Morgan fingerprint density at radius 1 is 1.10 bits per heavy atom. The number of ether oxygens (including phenoxy) is 1. The summed E-state index contributed by atoms with van der Waals surface area (Å²) in [5, 5.41) is 11.6. The maximum absolute atomic E-state index is 13.2. The molecule has 31 heavy (non-hydrogen) atoms. The smallest absolute Gasteiger partial charge is 0.300 e. The third kappa shape index (κ3) is 3.55. The van der Waals surface area contributed by atoms with E-state index in [1.54, 1.807) is 66.9 Å². The Morgan fingerprint density at radius 3 is 2.55 bits per heavy atom. The van der Waals surface area contributed by atoms with Gasteiger partial charge >= 0.3 is 0 Å². The maximum Gasteiger partial charge on any atom is 0.300 e. The summed E-state index contributed by atoms with van der Waals surface area (Å²) >= 11 is 6.19. The molecule has 4 rings (SSSR count). The van der Waals surface area contributed by atoms with E-state index in [2.05, 4.69) is 4.98 Å². The lowest BCUT2D eigenvalue weighted by molar-refractivity contribution is -0.132. The summed E-state index contributed by atoms with van der Waals surface area (Å²) in [5.41, 5.74) is 1.92. The molecule has 7 heteroatoms. The number of nitrogens with zero attached hydrogens (tertiary/aromatic N) is 2. The molecule has 3 aromatic rings. The number of anilines is 1. The van der Waals surface area contributed by atoms with Crippen molar-refractivity contribution in [2.24, 2.45) is 0 Å². The van der Waals surface area contributed by atoms with Gasteiger partial charge in [-0.05, 0) is 48.9 Å². The number of benzene rings is 2. The molecule has 2 aromatic carbocycles. The molecule has 0 aliphatic carbocycles. The number of hydrogen-bond acceptors (Lipinski definition) is 5. The van der Waals surface area contributed by atoms with Crippen LogP contribution >= 0.6 is 11.6 Å². The number of hydrogen-bond donors (Lipinski definition) is 1. The zero-order chi connectivity index (χ0) is 22.1. The van der Waals surface area contributed by atoms with Crippen LogP contribution in [0.3, 0.4) is 0 Å². The first-order valence-corrected chi connectivity index (χ1v) is 9.93. The summed E-state index contributed by atoms with van der Waals surface area (Å²) in [4.78, 5) is 32.1. The van der Waals surface area contributed by atoms with Crippen molar-refractivity contribution >= 4 is 34.7 Å².